The number of aromatic amines is 1. The number of imidazole rings is 1. The first-order valence-corrected chi connectivity index (χ1v) is 6.40. The van der Waals surface area contributed by atoms with Gasteiger partial charge in [0.15, 0.2) is 0 Å². The second kappa shape index (κ2) is 4.92. The van der Waals surface area contributed by atoms with Gasteiger partial charge in [-0.2, -0.15) is 0 Å². The Kier molecular flexibility index (Phi) is 3.13. The van der Waals surface area contributed by atoms with Crippen molar-refractivity contribution < 1.29 is 0 Å². The van der Waals surface area contributed by atoms with Gasteiger partial charge in [-0.3, -0.25) is 0 Å². The number of benzene rings is 1. The van der Waals surface area contributed by atoms with Crippen molar-refractivity contribution >= 4 is 0 Å². The molecule has 3 rings (SSSR count). The molecule has 2 atom stereocenters. The summed E-state index contributed by atoms with van der Waals surface area (Å²) in [4.78, 5) is 7.33. The number of aromatic nitrogens is 2. The summed E-state index contributed by atoms with van der Waals surface area (Å²) >= 11 is 0. The number of nitrogens with zero attached hydrogens (tertiary/aromatic N) is 1. The molecule has 4 heteroatoms. The molecule has 2 unspecified atom stereocenters. The first-order valence-electron chi connectivity index (χ1n) is 6.40. The molecule has 0 fully saturated rings. The molecule has 2 aromatic rings. The highest BCUT2D eigenvalue weighted by Crippen LogP contribution is 2.36. The Hall–Kier alpha value is -1.65. The summed E-state index contributed by atoms with van der Waals surface area (Å²) in [5, 5.41) is 3.57. The lowest BCUT2D eigenvalue weighted by molar-refractivity contribution is 0.499. The van der Waals surface area contributed by atoms with E-state index in [4.69, 9.17) is 5.73 Å². The van der Waals surface area contributed by atoms with Gasteiger partial charge in [-0.05, 0) is 17.5 Å². The summed E-state index contributed by atoms with van der Waals surface area (Å²) in [6.45, 7) is 0.916. The molecule has 18 heavy (non-hydrogen) atoms. The molecule has 0 spiro atoms. The van der Waals surface area contributed by atoms with E-state index in [1.165, 1.54) is 11.1 Å². The molecule has 0 aliphatic heterocycles. The zero-order valence-electron chi connectivity index (χ0n) is 10.3. The lowest BCUT2D eigenvalue weighted by atomic mass is 10.1. The fraction of sp³-hybridized carbons (Fsp3) is 0.357. The highest BCUT2D eigenvalue weighted by molar-refractivity contribution is 5.37. The Morgan fingerprint density at radius 2 is 2.17 bits per heavy atom. The molecule has 4 nitrogen and oxygen atoms in total. The Balaban J connectivity index is 1.61. The monoisotopic (exact) mass is 242 g/mol. The fourth-order valence-corrected chi connectivity index (χ4v) is 2.67. The van der Waals surface area contributed by atoms with E-state index in [0.717, 1.165) is 25.2 Å². The van der Waals surface area contributed by atoms with Crippen LogP contribution in [0.15, 0.2) is 36.7 Å². The van der Waals surface area contributed by atoms with Gasteiger partial charge in [-0.15, -0.1) is 0 Å². The molecule has 0 bridgehead atoms. The number of fused-ring (bicyclic) bond motifs is 1. The quantitative estimate of drug-likeness (QED) is 0.764. The second-order valence-electron chi connectivity index (χ2n) is 4.76. The van der Waals surface area contributed by atoms with E-state index in [9.17, 15) is 0 Å². The number of H-pyrrole nitrogens is 1. The van der Waals surface area contributed by atoms with E-state index in [2.05, 4.69) is 39.6 Å². The van der Waals surface area contributed by atoms with Gasteiger partial charge >= 0.3 is 0 Å². The maximum absolute atomic E-state index is 6.14. The molecule has 1 aliphatic carbocycles. The summed E-state index contributed by atoms with van der Waals surface area (Å²) in [5.74, 6) is 1.03. The van der Waals surface area contributed by atoms with Crippen molar-refractivity contribution in [3.63, 3.8) is 0 Å². The van der Waals surface area contributed by atoms with Gasteiger partial charge in [0.2, 0.25) is 0 Å². The molecule has 0 saturated carbocycles. The smallest absolute Gasteiger partial charge is 0.107 e. The maximum Gasteiger partial charge on any atom is 0.107 e. The normalized spacial score (nSPS) is 22.1. The van der Waals surface area contributed by atoms with Crippen LogP contribution in [-0.2, 0) is 6.42 Å². The Morgan fingerprint density at radius 1 is 1.33 bits per heavy atom. The minimum absolute atomic E-state index is 0.169. The molecule has 1 aromatic heterocycles. The van der Waals surface area contributed by atoms with Crippen molar-refractivity contribution in [2.45, 2.75) is 24.9 Å². The minimum atomic E-state index is 0.169. The van der Waals surface area contributed by atoms with Crippen LogP contribution < -0.4 is 11.1 Å². The zero-order valence-corrected chi connectivity index (χ0v) is 10.3. The van der Waals surface area contributed by atoms with E-state index in [-0.39, 0.29) is 6.04 Å². The second-order valence-corrected chi connectivity index (χ2v) is 4.76. The van der Waals surface area contributed by atoms with Crippen LogP contribution in [0.1, 0.15) is 35.5 Å². The highest BCUT2D eigenvalue weighted by atomic mass is 15.0. The van der Waals surface area contributed by atoms with Gasteiger partial charge < -0.3 is 16.0 Å². The van der Waals surface area contributed by atoms with Gasteiger partial charge in [0.25, 0.3) is 0 Å². The van der Waals surface area contributed by atoms with E-state index < -0.39 is 0 Å². The van der Waals surface area contributed by atoms with Crippen molar-refractivity contribution in [3.8, 4) is 0 Å². The summed E-state index contributed by atoms with van der Waals surface area (Å²) in [5.41, 5.74) is 8.78. The van der Waals surface area contributed by atoms with Crippen molar-refractivity contribution in [1.82, 2.24) is 15.3 Å². The number of hydrogen-bond donors (Lipinski definition) is 3. The van der Waals surface area contributed by atoms with Crippen molar-refractivity contribution in [1.29, 1.82) is 0 Å². The third kappa shape index (κ3) is 2.17. The number of nitrogens with one attached hydrogen (secondary N) is 2. The third-order valence-electron chi connectivity index (χ3n) is 3.57. The van der Waals surface area contributed by atoms with Crippen LogP contribution in [0.5, 0.6) is 0 Å². The van der Waals surface area contributed by atoms with Gasteiger partial charge in [0.1, 0.15) is 5.82 Å². The third-order valence-corrected chi connectivity index (χ3v) is 3.57. The molecule has 1 heterocycles. The predicted molar refractivity (Wildman–Crippen MR) is 71.0 cm³/mol. The molecule has 0 amide bonds. The van der Waals surface area contributed by atoms with Crippen molar-refractivity contribution in [2.24, 2.45) is 5.73 Å². The van der Waals surface area contributed by atoms with Crippen molar-refractivity contribution in [2.75, 3.05) is 6.54 Å². The molecule has 0 saturated heterocycles. The van der Waals surface area contributed by atoms with Gasteiger partial charge in [-0.25, -0.2) is 4.98 Å². The lowest BCUT2D eigenvalue weighted by Crippen LogP contribution is -2.22. The van der Waals surface area contributed by atoms with Crippen LogP contribution >= 0.6 is 0 Å². The van der Waals surface area contributed by atoms with E-state index in [1.807, 2.05) is 6.20 Å². The predicted octanol–water partition coefficient (Wildman–Crippen LogP) is 1.69. The van der Waals surface area contributed by atoms with Crippen LogP contribution in [0, 0.1) is 0 Å². The summed E-state index contributed by atoms with van der Waals surface area (Å²) in [6.07, 6.45) is 5.55. The number of nitrogens with two attached hydrogens (primary N) is 1. The molecule has 94 valence electrons. The molecule has 1 aromatic carbocycles. The Morgan fingerprint density at radius 3 is 2.94 bits per heavy atom. The first kappa shape index (κ1) is 11.4. The Labute approximate surface area is 107 Å². The van der Waals surface area contributed by atoms with Crippen LogP contribution in [-0.4, -0.2) is 16.5 Å². The van der Waals surface area contributed by atoms with Crippen molar-refractivity contribution in [3.05, 3.63) is 53.6 Å². The van der Waals surface area contributed by atoms with Gasteiger partial charge in [0.05, 0.1) is 0 Å². The minimum Gasteiger partial charge on any atom is -0.349 e. The number of hydrogen-bond acceptors (Lipinski definition) is 3. The number of rotatable bonds is 4. The maximum atomic E-state index is 6.14. The summed E-state index contributed by atoms with van der Waals surface area (Å²) in [7, 11) is 0. The molecule has 0 radical (unpaired) electrons. The fourth-order valence-electron chi connectivity index (χ4n) is 2.67. The SMILES string of the molecule is NC1CC(NCCc2ncc[nH]2)c2ccccc21. The van der Waals surface area contributed by atoms with Crippen LogP contribution in [0.2, 0.25) is 0 Å². The average Bonchev–Trinajstić information content (AvgIpc) is 3.00. The van der Waals surface area contributed by atoms with Gasteiger partial charge in [-0.1, -0.05) is 24.3 Å². The average molecular weight is 242 g/mol. The summed E-state index contributed by atoms with van der Waals surface area (Å²) in [6, 6.07) is 9.00. The van der Waals surface area contributed by atoms with E-state index in [1.54, 1.807) is 6.20 Å². The molecular formula is C14H18N4. The molecular weight excluding hydrogens is 224 g/mol. The lowest BCUT2D eigenvalue weighted by Gasteiger charge is -2.13. The van der Waals surface area contributed by atoms with Crippen LogP contribution in [0.3, 0.4) is 0 Å². The molecule has 1 aliphatic rings. The Bertz CT molecular complexity index is 506. The molecule has 4 N–H and O–H groups in total. The van der Waals surface area contributed by atoms with Crippen LogP contribution in [0.25, 0.3) is 0 Å². The van der Waals surface area contributed by atoms with Crippen LogP contribution in [0.4, 0.5) is 0 Å². The largest absolute Gasteiger partial charge is 0.349 e. The first-order chi connectivity index (χ1) is 8.84. The zero-order chi connectivity index (χ0) is 12.4. The highest BCUT2D eigenvalue weighted by Gasteiger charge is 2.27. The standard InChI is InChI=1S/C14H18N4/c15-12-9-13(11-4-2-1-3-10(11)12)16-6-5-14-17-7-8-18-14/h1-4,7-8,12-13,16H,5-6,9,15H2,(H,17,18). The van der Waals surface area contributed by atoms with E-state index in [0.29, 0.717) is 6.04 Å². The van der Waals surface area contributed by atoms with E-state index >= 15 is 0 Å². The summed E-state index contributed by atoms with van der Waals surface area (Å²) < 4.78 is 0. The van der Waals surface area contributed by atoms with Gasteiger partial charge in [0, 0.05) is 37.4 Å². The topological polar surface area (TPSA) is 66.7 Å².